The van der Waals surface area contributed by atoms with Crippen LogP contribution < -0.4 is 0 Å². The fourth-order valence-corrected chi connectivity index (χ4v) is 9.22. The minimum absolute atomic E-state index is 0.0217. The molecule has 0 spiro atoms. The van der Waals surface area contributed by atoms with Crippen LogP contribution in [0.4, 0.5) is 0 Å². The second-order valence-electron chi connectivity index (χ2n) is 12.5. The van der Waals surface area contributed by atoms with Gasteiger partial charge in [-0.25, -0.2) is 0 Å². The van der Waals surface area contributed by atoms with Gasteiger partial charge in [-0.05, 0) is 86.9 Å². The van der Waals surface area contributed by atoms with Crippen LogP contribution in [0.15, 0.2) is 11.6 Å². The van der Waals surface area contributed by atoms with E-state index in [9.17, 15) is 4.79 Å². The lowest BCUT2D eigenvalue weighted by atomic mass is 9.37. The largest absolute Gasteiger partial charge is 0.462 e. The highest BCUT2D eigenvalue weighted by Gasteiger charge is 2.67. The van der Waals surface area contributed by atoms with Gasteiger partial charge in [0.05, 0.1) is 12.2 Å². The molecule has 0 aromatic heterocycles. The molecule has 0 amide bonds. The summed E-state index contributed by atoms with van der Waals surface area (Å²) in [6, 6.07) is 0. The van der Waals surface area contributed by atoms with Gasteiger partial charge in [0.1, 0.15) is 6.10 Å². The third kappa shape index (κ3) is 3.38. The summed E-state index contributed by atoms with van der Waals surface area (Å²) >= 11 is 0. The SMILES string of the molecule is CC(=O)OC1CC2(C)C3CCC(C)=CCOC3(C)CCC2C2(C)CCCC(C)(C)C12. The number of fused-ring (bicyclic) bond motifs is 5. The van der Waals surface area contributed by atoms with Crippen molar-refractivity contribution in [3.8, 4) is 0 Å². The Hall–Kier alpha value is -0.830. The van der Waals surface area contributed by atoms with Crippen molar-refractivity contribution in [3.63, 3.8) is 0 Å². The van der Waals surface area contributed by atoms with Gasteiger partial charge in [-0.1, -0.05) is 45.8 Å². The molecule has 0 aromatic carbocycles. The third-order valence-corrected chi connectivity index (χ3v) is 10.1. The molecule has 1 aliphatic heterocycles. The van der Waals surface area contributed by atoms with Crippen molar-refractivity contribution < 1.29 is 14.3 Å². The number of carbonyl (C=O) groups is 1. The third-order valence-electron chi connectivity index (χ3n) is 10.1. The van der Waals surface area contributed by atoms with Crippen molar-refractivity contribution >= 4 is 5.97 Å². The van der Waals surface area contributed by atoms with Gasteiger partial charge in [0.15, 0.2) is 0 Å². The van der Waals surface area contributed by atoms with Gasteiger partial charge in [-0.2, -0.15) is 0 Å². The minimum atomic E-state index is -0.114. The van der Waals surface area contributed by atoms with Crippen molar-refractivity contribution in [2.45, 2.75) is 112 Å². The number of esters is 1. The maximum Gasteiger partial charge on any atom is 0.302 e. The second kappa shape index (κ2) is 7.36. The van der Waals surface area contributed by atoms with Crippen molar-refractivity contribution in [3.05, 3.63) is 11.6 Å². The molecular weight excluding hydrogens is 372 g/mol. The lowest BCUT2D eigenvalue weighted by molar-refractivity contribution is -0.254. The first-order chi connectivity index (χ1) is 13.9. The Morgan fingerprint density at radius 2 is 1.77 bits per heavy atom. The average Bonchev–Trinajstić information content (AvgIpc) is 2.57. The quantitative estimate of drug-likeness (QED) is 0.352. The van der Waals surface area contributed by atoms with Crippen LogP contribution in [0.25, 0.3) is 0 Å². The molecule has 0 aromatic rings. The van der Waals surface area contributed by atoms with Gasteiger partial charge in [0.2, 0.25) is 0 Å². The van der Waals surface area contributed by atoms with Crippen LogP contribution in [-0.4, -0.2) is 24.3 Å². The molecule has 4 aliphatic rings. The molecule has 0 N–H and O–H groups in total. The molecular formula is C27H44O3. The summed E-state index contributed by atoms with van der Waals surface area (Å²) < 4.78 is 12.8. The molecule has 170 valence electrons. The highest BCUT2D eigenvalue weighted by atomic mass is 16.5. The molecule has 7 atom stereocenters. The topological polar surface area (TPSA) is 35.5 Å². The summed E-state index contributed by atoms with van der Waals surface area (Å²) in [5, 5.41) is 0. The molecule has 0 radical (unpaired) electrons. The predicted molar refractivity (Wildman–Crippen MR) is 121 cm³/mol. The molecule has 7 unspecified atom stereocenters. The van der Waals surface area contributed by atoms with E-state index in [1.807, 2.05) is 0 Å². The van der Waals surface area contributed by atoms with E-state index in [-0.39, 0.29) is 33.9 Å². The Kier molecular flexibility index (Phi) is 5.48. The van der Waals surface area contributed by atoms with E-state index in [1.54, 1.807) is 6.92 Å². The summed E-state index contributed by atoms with van der Waals surface area (Å²) in [5.41, 5.74) is 1.97. The number of ether oxygens (including phenoxy) is 2. The summed E-state index contributed by atoms with van der Waals surface area (Å²) in [6.45, 7) is 16.9. The zero-order valence-electron chi connectivity index (χ0n) is 20.5. The van der Waals surface area contributed by atoms with E-state index >= 15 is 0 Å². The molecule has 0 saturated heterocycles. The van der Waals surface area contributed by atoms with E-state index < -0.39 is 0 Å². The Balaban J connectivity index is 1.79. The van der Waals surface area contributed by atoms with Crippen molar-refractivity contribution in [1.82, 2.24) is 0 Å². The van der Waals surface area contributed by atoms with Gasteiger partial charge in [0.25, 0.3) is 0 Å². The maximum atomic E-state index is 12.2. The van der Waals surface area contributed by atoms with E-state index in [1.165, 1.54) is 37.7 Å². The lowest BCUT2D eigenvalue weighted by Crippen LogP contribution is -2.67. The van der Waals surface area contributed by atoms with Crippen LogP contribution in [-0.2, 0) is 14.3 Å². The number of allylic oxidation sites excluding steroid dienone is 1. The van der Waals surface area contributed by atoms with Gasteiger partial charge in [0, 0.05) is 12.8 Å². The zero-order valence-corrected chi connectivity index (χ0v) is 20.5. The standard InChI is InChI=1S/C27H44O3/c1-18-9-10-22-26(6)17-20(30-19(2)28)23-24(3,4)13-8-14-25(23,5)21(26)11-15-27(22,7)29-16-12-18/h12,20-23H,8-11,13-17H2,1-7H3. The summed E-state index contributed by atoms with van der Waals surface area (Å²) in [4.78, 5) is 12.2. The summed E-state index contributed by atoms with van der Waals surface area (Å²) in [5.74, 6) is 1.51. The minimum Gasteiger partial charge on any atom is -0.462 e. The normalized spacial score (nSPS) is 48.2. The highest BCUT2D eigenvalue weighted by Crippen LogP contribution is 2.70. The smallest absolute Gasteiger partial charge is 0.302 e. The predicted octanol–water partition coefficient (Wildman–Crippen LogP) is 6.70. The van der Waals surface area contributed by atoms with E-state index in [0.29, 0.717) is 17.8 Å². The first kappa shape index (κ1) is 22.4. The van der Waals surface area contributed by atoms with Crippen LogP contribution in [0.3, 0.4) is 0 Å². The van der Waals surface area contributed by atoms with E-state index in [2.05, 4.69) is 47.6 Å². The molecule has 0 bridgehead atoms. The van der Waals surface area contributed by atoms with Gasteiger partial charge < -0.3 is 9.47 Å². The maximum absolute atomic E-state index is 12.2. The number of rotatable bonds is 1. The van der Waals surface area contributed by atoms with Crippen LogP contribution in [0.1, 0.15) is 99.8 Å². The molecule has 1 heterocycles. The summed E-state index contributed by atoms with van der Waals surface area (Å²) in [7, 11) is 0. The molecule has 3 aliphatic carbocycles. The second-order valence-corrected chi connectivity index (χ2v) is 12.5. The fraction of sp³-hybridized carbons (Fsp3) is 0.889. The van der Waals surface area contributed by atoms with Gasteiger partial charge in [-0.3, -0.25) is 4.79 Å². The average molecular weight is 417 g/mol. The van der Waals surface area contributed by atoms with Gasteiger partial charge >= 0.3 is 5.97 Å². The highest BCUT2D eigenvalue weighted by molar-refractivity contribution is 5.66. The van der Waals surface area contributed by atoms with Gasteiger partial charge in [-0.15, -0.1) is 0 Å². The van der Waals surface area contributed by atoms with Crippen molar-refractivity contribution in [1.29, 1.82) is 0 Å². The zero-order chi connectivity index (χ0) is 21.9. The molecule has 3 heteroatoms. The van der Waals surface area contributed by atoms with Crippen LogP contribution in [0.5, 0.6) is 0 Å². The van der Waals surface area contributed by atoms with Crippen LogP contribution >= 0.6 is 0 Å². The van der Waals surface area contributed by atoms with E-state index in [0.717, 1.165) is 25.9 Å². The molecule has 3 fully saturated rings. The summed E-state index contributed by atoms with van der Waals surface area (Å²) in [6.07, 6.45) is 11.8. The number of carbonyl (C=O) groups excluding carboxylic acids is 1. The lowest BCUT2D eigenvalue weighted by Gasteiger charge is -2.69. The molecule has 3 nitrogen and oxygen atoms in total. The Bertz CT molecular complexity index is 724. The first-order valence-electron chi connectivity index (χ1n) is 12.4. The first-order valence-corrected chi connectivity index (χ1v) is 12.4. The van der Waals surface area contributed by atoms with Crippen molar-refractivity contribution in [2.24, 2.45) is 34.0 Å². The number of hydrogen-bond acceptors (Lipinski definition) is 3. The van der Waals surface area contributed by atoms with Crippen LogP contribution in [0.2, 0.25) is 0 Å². The Labute approximate surface area is 184 Å². The Morgan fingerprint density at radius 1 is 1.03 bits per heavy atom. The van der Waals surface area contributed by atoms with Crippen molar-refractivity contribution in [2.75, 3.05) is 6.61 Å². The molecule has 3 saturated carbocycles. The molecule has 4 rings (SSSR count). The number of hydrogen-bond donors (Lipinski definition) is 0. The van der Waals surface area contributed by atoms with Crippen LogP contribution in [0, 0.1) is 34.0 Å². The van der Waals surface area contributed by atoms with E-state index in [4.69, 9.17) is 9.47 Å². The fourth-order valence-electron chi connectivity index (χ4n) is 9.22. The molecule has 30 heavy (non-hydrogen) atoms. The monoisotopic (exact) mass is 416 g/mol. The Morgan fingerprint density at radius 3 is 2.47 bits per heavy atom.